The molecule has 0 saturated carbocycles. The molecule has 1 N–H and O–H groups in total. The van der Waals surface area contributed by atoms with Gasteiger partial charge in [-0.2, -0.15) is 0 Å². The molecule has 1 atom stereocenters. The molecule has 0 saturated heterocycles. The van der Waals surface area contributed by atoms with Gasteiger partial charge >= 0.3 is 5.97 Å². The minimum absolute atomic E-state index is 0.0683. The second-order valence-electron chi connectivity index (χ2n) is 2.65. The van der Waals surface area contributed by atoms with E-state index in [2.05, 4.69) is 9.72 Å². The van der Waals surface area contributed by atoms with Gasteiger partial charge in [-0.25, -0.2) is 9.78 Å². The summed E-state index contributed by atoms with van der Waals surface area (Å²) in [6.07, 6.45) is 1.22. The van der Waals surface area contributed by atoms with E-state index in [0.717, 1.165) is 0 Å². The Bertz CT molecular complexity index is 294. The molecule has 0 aliphatic carbocycles. The van der Waals surface area contributed by atoms with E-state index in [9.17, 15) is 4.79 Å². The molecule has 0 fully saturated rings. The van der Waals surface area contributed by atoms with Gasteiger partial charge in [-0.1, -0.05) is 6.92 Å². The number of aromatic nitrogens is 1. The van der Waals surface area contributed by atoms with E-state index in [4.69, 9.17) is 9.52 Å². The van der Waals surface area contributed by atoms with Crippen molar-refractivity contribution in [2.24, 2.45) is 0 Å². The van der Waals surface area contributed by atoms with E-state index < -0.39 is 5.97 Å². The Balaban J connectivity index is 2.80. The zero-order valence-corrected chi connectivity index (χ0v) is 7.48. The summed E-state index contributed by atoms with van der Waals surface area (Å²) in [6, 6.07) is 0. The molecule has 0 spiro atoms. The van der Waals surface area contributed by atoms with Crippen molar-refractivity contribution in [1.29, 1.82) is 0 Å². The van der Waals surface area contributed by atoms with Crippen LogP contribution in [0.1, 0.15) is 29.2 Å². The van der Waals surface area contributed by atoms with E-state index in [1.807, 2.05) is 0 Å². The maximum absolute atomic E-state index is 10.9. The first kappa shape index (κ1) is 9.73. The van der Waals surface area contributed by atoms with Crippen LogP contribution in [0.15, 0.2) is 10.7 Å². The van der Waals surface area contributed by atoms with Gasteiger partial charge in [0, 0.05) is 0 Å². The zero-order chi connectivity index (χ0) is 9.84. The molecular weight excluding hydrogens is 174 g/mol. The minimum Gasteiger partial charge on any atom is -0.464 e. The van der Waals surface area contributed by atoms with Gasteiger partial charge in [0.1, 0.15) is 6.26 Å². The molecule has 0 aromatic carbocycles. The molecule has 0 aliphatic rings. The maximum Gasteiger partial charge on any atom is 0.360 e. The Morgan fingerprint density at radius 2 is 2.54 bits per heavy atom. The third-order valence-electron chi connectivity index (χ3n) is 1.61. The van der Waals surface area contributed by atoms with Gasteiger partial charge in [-0.05, 0) is 0 Å². The number of hydrogen-bond acceptors (Lipinski definition) is 5. The minimum atomic E-state index is -0.542. The Labute approximate surface area is 75.3 Å². The predicted molar refractivity (Wildman–Crippen MR) is 43.3 cm³/mol. The fourth-order valence-corrected chi connectivity index (χ4v) is 0.790. The van der Waals surface area contributed by atoms with Crippen molar-refractivity contribution in [3.8, 4) is 0 Å². The van der Waals surface area contributed by atoms with Crippen LogP contribution in [0.2, 0.25) is 0 Å². The summed E-state index contributed by atoms with van der Waals surface area (Å²) in [5, 5.41) is 8.78. The van der Waals surface area contributed by atoms with Gasteiger partial charge in [0.15, 0.2) is 11.6 Å². The lowest BCUT2D eigenvalue weighted by atomic mass is 10.2. The third-order valence-corrected chi connectivity index (χ3v) is 1.61. The summed E-state index contributed by atoms with van der Waals surface area (Å²) in [6.45, 7) is 1.67. The zero-order valence-electron chi connectivity index (χ0n) is 7.48. The van der Waals surface area contributed by atoms with Gasteiger partial charge < -0.3 is 14.3 Å². The monoisotopic (exact) mass is 185 g/mol. The molecule has 1 aromatic heterocycles. The quantitative estimate of drug-likeness (QED) is 0.696. The standard InChI is InChI=1S/C8H11NO4/c1-5(3-10)7-9-6(4-13-7)8(11)12-2/h4-5,10H,3H2,1-2H3. The molecule has 0 bridgehead atoms. The number of aliphatic hydroxyl groups is 1. The Hall–Kier alpha value is -1.36. The molecule has 1 heterocycles. The van der Waals surface area contributed by atoms with Crippen molar-refractivity contribution in [2.75, 3.05) is 13.7 Å². The number of oxazole rings is 1. The van der Waals surface area contributed by atoms with Crippen LogP contribution in [0.3, 0.4) is 0 Å². The molecule has 1 unspecified atom stereocenters. The molecule has 0 aliphatic heterocycles. The first-order chi connectivity index (χ1) is 6.19. The number of rotatable bonds is 3. The molecule has 1 rings (SSSR count). The van der Waals surface area contributed by atoms with Crippen molar-refractivity contribution in [2.45, 2.75) is 12.8 Å². The average Bonchev–Trinajstić information content (AvgIpc) is 2.64. The van der Waals surface area contributed by atoms with Crippen LogP contribution in [0.25, 0.3) is 0 Å². The average molecular weight is 185 g/mol. The molecule has 0 radical (unpaired) electrons. The summed E-state index contributed by atoms with van der Waals surface area (Å²) in [7, 11) is 1.27. The maximum atomic E-state index is 10.9. The Morgan fingerprint density at radius 3 is 3.08 bits per heavy atom. The number of ether oxygens (including phenoxy) is 1. The highest BCUT2D eigenvalue weighted by Gasteiger charge is 2.15. The Kier molecular flexibility index (Phi) is 3.02. The van der Waals surface area contributed by atoms with Crippen LogP contribution in [-0.2, 0) is 4.74 Å². The lowest BCUT2D eigenvalue weighted by molar-refractivity contribution is 0.0594. The van der Waals surface area contributed by atoms with E-state index in [-0.39, 0.29) is 18.2 Å². The lowest BCUT2D eigenvalue weighted by Crippen LogP contribution is -2.03. The number of aliphatic hydroxyl groups excluding tert-OH is 1. The van der Waals surface area contributed by atoms with Crippen LogP contribution < -0.4 is 0 Å². The highest BCUT2D eigenvalue weighted by Crippen LogP contribution is 2.13. The molecule has 1 aromatic rings. The summed E-state index contributed by atoms with van der Waals surface area (Å²) in [4.78, 5) is 14.8. The number of nitrogens with zero attached hydrogens (tertiary/aromatic N) is 1. The molecule has 13 heavy (non-hydrogen) atoms. The van der Waals surface area contributed by atoms with Gasteiger partial charge in [0.25, 0.3) is 0 Å². The highest BCUT2D eigenvalue weighted by molar-refractivity contribution is 5.86. The van der Waals surface area contributed by atoms with E-state index in [1.54, 1.807) is 6.92 Å². The molecular formula is C8H11NO4. The van der Waals surface area contributed by atoms with E-state index in [1.165, 1.54) is 13.4 Å². The number of carbonyl (C=O) groups excluding carboxylic acids is 1. The molecule has 5 heteroatoms. The second-order valence-corrected chi connectivity index (χ2v) is 2.65. The first-order valence-electron chi connectivity index (χ1n) is 3.83. The summed E-state index contributed by atoms with van der Waals surface area (Å²) < 4.78 is 9.41. The third kappa shape index (κ3) is 2.06. The number of esters is 1. The van der Waals surface area contributed by atoms with Gasteiger partial charge in [-0.3, -0.25) is 0 Å². The fraction of sp³-hybridized carbons (Fsp3) is 0.500. The van der Waals surface area contributed by atoms with Gasteiger partial charge in [-0.15, -0.1) is 0 Å². The van der Waals surface area contributed by atoms with E-state index >= 15 is 0 Å². The summed E-state index contributed by atoms with van der Waals surface area (Å²) >= 11 is 0. The normalized spacial score (nSPS) is 12.5. The van der Waals surface area contributed by atoms with Gasteiger partial charge in [0.2, 0.25) is 0 Å². The first-order valence-corrected chi connectivity index (χ1v) is 3.83. The molecule has 0 amide bonds. The predicted octanol–water partition coefficient (Wildman–Crippen LogP) is 0.557. The highest BCUT2D eigenvalue weighted by atomic mass is 16.5. The topological polar surface area (TPSA) is 72.6 Å². The number of methoxy groups -OCH3 is 1. The van der Waals surface area contributed by atoms with Crippen LogP contribution in [0.4, 0.5) is 0 Å². The second kappa shape index (κ2) is 4.04. The smallest absolute Gasteiger partial charge is 0.360 e. The Morgan fingerprint density at radius 1 is 1.85 bits per heavy atom. The lowest BCUT2D eigenvalue weighted by Gasteiger charge is -1.99. The SMILES string of the molecule is COC(=O)c1coc(C(C)CO)n1. The fourth-order valence-electron chi connectivity index (χ4n) is 0.790. The molecule has 5 nitrogen and oxygen atoms in total. The van der Waals surface area contributed by atoms with Crippen molar-refractivity contribution >= 4 is 5.97 Å². The van der Waals surface area contributed by atoms with Gasteiger partial charge in [0.05, 0.1) is 19.6 Å². The van der Waals surface area contributed by atoms with Crippen LogP contribution >= 0.6 is 0 Å². The van der Waals surface area contributed by atoms with Crippen LogP contribution in [0, 0.1) is 0 Å². The van der Waals surface area contributed by atoms with Crippen molar-refractivity contribution in [1.82, 2.24) is 4.98 Å². The largest absolute Gasteiger partial charge is 0.464 e. The number of hydrogen-bond donors (Lipinski definition) is 1. The van der Waals surface area contributed by atoms with Crippen LogP contribution in [-0.4, -0.2) is 29.8 Å². The van der Waals surface area contributed by atoms with Crippen molar-refractivity contribution < 1.29 is 19.1 Å². The van der Waals surface area contributed by atoms with Crippen molar-refractivity contribution in [3.63, 3.8) is 0 Å². The van der Waals surface area contributed by atoms with Crippen LogP contribution in [0.5, 0.6) is 0 Å². The summed E-state index contributed by atoms with van der Waals surface area (Å²) in [5.74, 6) is -0.415. The number of carbonyl (C=O) groups is 1. The molecule has 72 valence electrons. The van der Waals surface area contributed by atoms with E-state index in [0.29, 0.717) is 5.89 Å². The van der Waals surface area contributed by atoms with Crippen molar-refractivity contribution in [3.05, 3.63) is 17.8 Å². The summed E-state index contributed by atoms with van der Waals surface area (Å²) in [5.41, 5.74) is 0.123.